The zero-order chi connectivity index (χ0) is 13.0. The molecule has 0 atom stereocenters. The van der Waals surface area contributed by atoms with Gasteiger partial charge in [-0.1, -0.05) is 0 Å². The minimum absolute atomic E-state index is 0.431. The molecule has 1 aromatic heterocycles. The molecule has 0 aliphatic rings. The molecule has 16 heavy (non-hydrogen) atoms. The normalized spacial score (nSPS) is 11.6. The van der Waals surface area contributed by atoms with Gasteiger partial charge in [-0.15, -0.1) is 3.63 Å². The molecule has 7 N–H and O–H groups in total. The van der Waals surface area contributed by atoms with E-state index >= 15 is 0 Å². The molecular weight excluding hydrogens is 268 g/mol. The lowest BCUT2D eigenvalue weighted by Crippen LogP contribution is -2.10. The van der Waals surface area contributed by atoms with E-state index in [2.05, 4.69) is 13.8 Å². The van der Waals surface area contributed by atoms with Crippen molar-refractivity contribution < 1.29 is 29.6 Å². The molecule has 0 unspecified atom stereocenters. The van der Waals surface area contributed by atoms with Crippen LogP contribution in [0.5, 0.6) is 0 Å². The second-order valence-corrected chi connectivity index (χ2v) is 4.42. The molecule has 0 bridgehead atoms. The molecule has 0 radical (unpaired) electrons. The Labute approximate surface area is 90.3 Å². The quantitative estimate of drug-likeness (QED) is 0.383. The summed E-state index contributed by atoms with van der Waals surface area (Å²) in [4.78, 5) is 0. The Morgan fingerprint density at radius 2 is 1.62 bits per heavy atom. The zero-order valence-corrected chi connectivity index (χ0v) is 9.06. The van der Waals surface area contributed by atoms with E-state index in [1.54, 1.807) is 0 Å². The number of nitrogen functional groups attached to an aromatic ring is 2. The van der Waals surface area contributed by atoms with Gasteiger partial charge in [0.05, 0.1) is 11.9 Å². The lowest BCUT2D eigenvalue weighted by molar-refractivity contribution is 0.344. The topological polar surface area (TPSA) is 199 Å². The second kappa shape index (κ2) is 5.08. The summed E-state index contributed by atoms with van der Waals surface area (Å²) in [6, 6.07) is 0. The van der Waals surface area contributed by atoms with Crippen LogP contribution < -0.4 is 11.5 Å². The molecule has 0 aliphatic heterocycles. The van der Waals surface area contributed by atoms with Crippen molar-refractivity contribution in [2.75, 3.05) is 11.5 Å². The van der Waals surface area contributed by atoms with Gasteiger partial charge in [0.2, 0.25) is 0 Å². The Kier molecular flexibility index (Phi) is 4.63. The number of aromatic amines is 1. The monoisotopic (exact) mass is 276 g/mol. The van der Waals surface area contributed by atoms with Crippen LogP contribution in [0.2, 0.25) is 0 Å². The molecular formula is C3H8N4O7S2. The molecule has 0 amide bonds. The summed E-state index contributed by atoms with van der Waals surface area (Å²) < 4.78 is 55.6. The average molecular weight is 276 g/mol. The summed E-state index contributed by atoms with van der Waals surface area (Å²) in [6.45, 7) is 0. The molecule has 0 aliphatic carbocycles. The number of anilines is 2. The smallest absolute Gasteiger partial charge is 0.394 e. The highest BCUT2D eigenvalue weighted by atomic mass is 32.3. The number of nitrogens with one attached hydrogen (secondary N) is 1. The summed E-state index contributed by atoms with van der Waals surface area (Å²) in [7, 11) is -10.2. The van der Waals surface area contributed by atoms with Gasteiger partial charge in [-0.05, 0) is 0 Å². The van der Waals surface area contributed by atoms with Crippen molar-refractivity contribution >= 4 is 32.3 Å². The lowest BCUT2D eigenvalue weighted by atomic mass is 10.6. The minimum Gasteiger partial charge on any atom is -0.394 e. The van der Waals surface area contributed by atoms with Crippen LogP contribution in [0.1, 0.15) is 0 Å². The highest BCUT2D eigenvalue weighted by molar-refractivity contribution is 7.94. The van der Waals surface area contributed by atoms with E-state index in [0.717, 1.165) is 0 Å². The van der Waals surface area contributed by atoms with Crippen molar-refractivity contribution in [3.05, 3.63) is 6.20 Å². The standard InChI is InChI=1S/C3H6N4.H2O7S2/c4-2-1-6-7-3(2)5;1-8(2,3)7-9(4,5)6/h1H,4H2,(H3,5,6,7);(H,1,2,3)(H,4,5,6). The fraction of sp³-hybridized carbons (Fsp3) is 0. The van der Waals surface area contributed by atoms with E-state index in [0.29, 0.717) is 11.5 Å². The fourth-order valence-electron chi connectivity index (χ4n) is 0.414. The maximum absolute atomic E-state index is 9.44. The number of rotatable bonds is 2. The van der Waals surface area contributed by atoms with Crippen molar-refractivity contribution in [1.82, 2.24) is 10.2 Å². The first-order valence-electron chi connectivity index (χ1n) is 3.21. The molecule has 1 aromatic rings. The summed E-state index contributed by atoms with van der Waals surface area (Å²) in [6.07, 6.45) is 1.47. The SMILES string of the molecule is Nc1cn[nH]c1N.O=S(=O)(O)OS(=O)(=O)O. The number of aromatic nitrogens is 2. The number of hydrogen-bond donors (Lipinski definition) is 5. The van der Waals surface area contributed by atoms with Crippen LogP contribution in [0.25, 0.3) is 0 Å². The van der Waals surface area contributed by atoms with Crippen LogP contribution in [-0.2, 0) is 24.4 Å². The van der Waals surface area contributed by atoms with Crippen LogP contribution in [-0.4, -0.2) is 36.1 Å². The molecule has 0 spiro atoms. The van der Waals surface area contributed by atoms with Gasteiger partial charge in [0.15, 0.2) is 0 Å². The van der Waals surface area contributed by atoms with E-state index in [1.165, 1.54) is 6.20 Å². The van der Waals surface area contributed by atoms with Gasteiger partial charge < -0.3 is 11.5 Å². The van der Waals surface area contributed by atoms with Crippen LogP contribution in [0.4, 0.5) is 11.5 Å². The van der Waals surface area contributed by atoms with E-state index in [4.69, 9.17) is 20.6 Å². The van der Waals surface area contributed by atoms with Crippen LogP contribution in [0.3, 0.4) is 0 Å². The van der Waals surface area contributed by atoms with E-state index in [9.17, 15) is 16.8 Å². The summed E-state index contributed by atoms with van der Waals surface area (Å²) in [5.41, 5.74) is 10.9. The molecule has 0 aromatic carbocycles. The molecule has 0 saturated carbocycles. The van der Waals surface area contributed by atoms with Gasteiger partial charge in [-0.25, -0.2) is 0 Å². The number of nitrogens with two attached hydrogens (primary N) is 2. The second-order valence-electron chi connectivity index (χ2n) is 2.16. The minimum atomic E-state index is -5.12. The maximum atomic E-state index is 9.44. The van der Waals surface area contributed by atoms with Crippen molar-refractivity contribution in [2.45, 2.75) is 0 Å². The first-order valence-corrected chi connectivity index (χ1v) is 5.94. The van der Waals surface area contributed by atoms with Gasteiger partial charge in [-0.3, -0.25) is 14.2 Å². The molecule has 13 heteroatoms. The molecule has 94 valence electrons. The van der Waals surface area contributed by atoms with Crippen molar-refractivity contribution in [2.24, 2.45) is 0 Å². The highest BCUT2D eigenvalue weighted by Crippen LogP contribution is 2.04. The largest absolute Gasteiger partial charge is 0.413 e. The Morgan fingerprint density at radius 3 is 1.69 bits per heavy atom. The van der Waals surface area contributed by atoms with E-state index in [1.807, 2.05) is 0 Å². The Bertz CT molecular complexity index is 483. The first-order chi connectivity index (χ1) is 7.01. The third-order valence-electron chi connectivity index (χ3n) is 0.872. The third kappa shape index (κ3) is 7.94. The fourth-order valence-corrected chi connectivity index (χ4v) is 1.28. The van der Waals surface area contributed by atoms with Gasteiger partial charge in [0.1, 0.15) is 5.82 Å². The molecule has 0 saturated heterocycles. The van der Waals surface area contributed by atoms with E-state index in [-0.39, 0.29) is 0 Å². The maximum Gasteiger partial charge on any atom is 0.413 e. The molecule has 0 fully saturated rings. The molecule has 1 rings (SSSR count). The third-order valence-corrected chi connectivity index (χ3v) is 2.25. The Hall–Kier alpha value is -1.41. The van der Waals surface area contributed by atoms with Crippen molar-refractivity contribution in [3.63, 3.8) is 0 Å². The summed E-state index contributed by atoms with van der Waals surface area (Å²) >= 11 is 0. The van der Waals surface area contributed by atoms with Crippen molar-refractivity contribution in [3.8, 4) is 0 Å². The number of nitrogens with zero attached hydrogens (tertiary/aromatic N) is 1. The molecule has 1 heterocycles. The van der Waals surface area contributed by atoms with Gasteiger partial charge in [0, 0.05) is 0 Å². The van der Waals surface area contributed by atoms with Crippen LogP contribution in [0, 0.1) is 0 Å². The van der Waals surface area contributed by atoms with Gasteiger partial charge in [-0.2, -0.15) is 21.9 Å². The highest BCUT2D eigenvalue weighted by Gasteiger charge is 2.15. The van der Waals surface area contributed by atoms with E-state index < -0.39 is 20.8 Å². The zero-order valence-electron chi connectivity index (χ0n) is 7.43. The predicted octanol–water partition coefficient (Wildman–Crippen LogP) is -1.82. The Balaban J connectivity index is 0.000000288. The predicted molar refractivity (Wildman–Crippen MR) is 51.6 cm³/mol. The summed E-state index contributed by atoms with van der Waals surface area (Å²) in [5.74, 6) is 0.431. The summed E-state index contributed by atoms with van der Waals surface area (Å²) in [5, 5.41) is 6.02. The first kappa shape index (κ1) is 14.6. The van der Waals surface area contributed by atoms with Gasteiger partial charge >= 0.3 is 20.8 Å². The lowest BCUT2D eigenvalue weighted by Gasteiger charge is -1.89. The van der Waals surface area contributed by atoms with Crippen molar-refractivity contribution in [1.29, 1.82) is 0 Å². The number of hydrogen-bond acceptors (Lipinski definition) is 8. The number of H-pyrrole nitrogens is 1. The molecule has 11 nitrogen and oxygen atoms in total. The van der Waals surface area contributed by atoms with Crippen LogP contribution in [0.15, 0.2) is 6.20 Å². The average Bonchev–Trinajstić information content (AvgIpc) is 2.29. The van der Waals surface area contributed by atoms with Crippen LogP contribution >= 0.6 is 0 Å². The van der Waals surface area contributed by atoms with Gasteiger partial charge in [0.25, 0.3) is 0 Å². The Morgan fingerprint density at radius 1 is 1.19 bits per heavy atom.